The number of nitriles is 1. The second kappa shape index (κ2) is 9.03. The van der Waals surface area contributed by atoms with Gasteiger partial charge < -0.3 is 19.8 Å². The van der Waals surface area contributed by atoms with Gasteiger partial charge in [-0.1, -0.05) is 0 Å². The fourth-order valence-electron chi connectivity index (χ4n) is 1.98. The Morgan fingerprint density at radius 2 is 1.96 bits per heavy atom. The molecule has 1 atom stereocenters. The van der Waals surface area contributed by atoms with Crippen LogP contribution in [0.3, 0.4) is 0 Å². The molecule has 8 nitrogen and oxygen atoms in total. The summed E-state index contributed by atoms with van der Waals surface area (Å²) in [6.07, 6.45) is 0.263. The Morgan fingerprint density at radius 3 is 2.58 bits per heavy atom. The molecule has 1 aromatic carbocycles. The van der Waals surface area contributed by atoms with Gasteiger partial charge in [-0.15, -0.1) is 0 Å². The van der Waals surface area contributed by atoms with Crippen LogP contribution >= 0.6 is 0 Å². The van der Waals surface area contributed by atoms with Crippen LogP contribution in [-0.4, -0.2) is 23.9 Å². The third-order valence-corrected chi connectivity index (χ3v) is 3.31. The summed E-state index contributed by atoms with van der Waals surface area (Å²) in [5.74, 6) is -0.966. The molecule has 0 aliphatic rings. The van der Waals surface area contributed by atoms with E-state index in [9.17, 15) is 14.4 Å². The first-order valence-electron chi connectivity index (χ1n) is 7.77. The molecule has 2 amide bonds. The Morgan fingerprint density at radius 1 is 1.23 bits per heavy atom. The summed E-state index contributed by atoms with van der Waals surface area (Å²) in [5, 5.41) is 13.6. The molecule has 0 aliphatic heterocycles. The molecule has 1 unspecified atom stereocenters. The second-order valence-corrected chi connectivity index (χ2v) is 5.31. The number of ether oxygens (including phenoxy) is 1. The van der Waals surface area contributed by atoms with Gasteiger partial charge in [-0.05, 0) is 43.3 Å². The van der Waals surface area contributed by atoms with E-state index in [4.69, 9.17) is 14.4 Å². The fourth-order valence-corrected chi connectivity index (χ4v) is 1.98. The van der Waals surface area contributed by atoms with Crippen LogP contribution in [0.5, 0.6) is 0 Å². The van der Waals surface area contributed by atoms with Crippen molar-refractivity contribution in [3.8, 4) is 6.07 Å². The minimum absolute atomic E-state index is 0.199. The van der Waals surface area contributed by atoms with Crippen LogP contribution in [0, 0.1) is 11.3 Å². The summed E-state index contributed by atoms with van der Waals surface area (Å²) in [4.78, 5) is 35.3. The zero-order valence-corrected chi connectivity index (χ0v) is 14.0. The highest BCUT2D eigenvalue weighted by molar-refractivity contribution is 5.94. The maximum absolute atomic E-state index is 12.1. The van der Waals surface area contributed by atoms with Gasteiger partial charge in [0, 0.05) is 5.69 Å². The molecule has 134 valence electrons. The van der Waals surface area contributed by atoms with Crippen molar-refractivity contribution in [3.05, 3.63) is 54.0 Å². The number of rotatable bonds is 7. The van der Waals surface area contributed by atoms with Gasteiger partial charge in [0.2, 0.25) is 5.91 Å². The van der Waals surface area contributed by atoms with Crippen LogP contribution in [-0.2, 0) is 20.9 Å². The number of hydrogen-bond acceptors (Lipinski definition) is 6. The van der Waals surface area contributed by atoms with Crippen LogP contribution in [0.1, 0.15) is 29.5 Å². The van der Waals surface area contributed by atoms with Crippen molar-refractivity contribution in [1.82, 2.24) is 5.32 Å². The summed E-state index contributed by atoms with van der Waals surface area (Å²) < 4.78 is 10.2. The lowest BCUT2D eigenvalue weighted by molar-refractivity contribution is -0.129. The van der Waals surface area contributed by atoms with Gasteiger partial charge >= 0.3 is 5.97 Å². The van der Waals surface area contributed by atoms with Crippen molar-refractivity contribution in [2.75, 3.05) is 5.32 Å². The van der Waals surface area contributed by atoms with Crippen LogP contribution in [0.15, 0.2) is 47.1 Å². The van der Waals surface area contributed by atoms with E-state index in [0.717, 1.165) is 0 Å². The topological polar surface area (TPSA) is 121 Å². The Labute approximate surface area is 149 Å². The van der Waals surface area contributed by atoms with E-state index in [0.29, 0.717) is 11.4 Å². The average Bonchev–Trinajstić information content (AvgIpc) is 3.13. The summed E-state index contributed by atoms with van der Waals surface area (Å²) in [6.45, 7) is 1.66. The molecule has 0 fully saturated rings. The SMILES string of the molecule is CC(OC(=O)c1ccc(NC(=O)CC#N)cc1)C(=O)NCc1ccco1. The highest BCUT2D eigenvalue weighted by atomic mass is 16.5. The monoisotopic (exact) mass is 355 g/mol. The number of benzene rings is 1. The largest absolute Gasteiger partial charge is 0.467 e. The summed E-state index contributed by atoms with van der Waals surface area (Å²) in [5.41, 5.74) is 0.681. The molecule has 1 aromatic heterocycles. The van der Waals surface area contributed by atoms with E-state index in [1.165, 1.54) is 37.5 Å². The lowest BCUT2D eigenvalue weighted by Crippen LogP contribution is -2.35. The standard InChI is InChI=1S/C18H17N3O5/c1-12(17(23)20-11-15-3-2-10-25-15)26-18(24)13-4-6-14(7-5-13)21-16(22)8-9-19/h2-7,10,12H,8,11H2,1H3,(H,20,23)(H,21,22). The zero-order chi connectivity index (χ0) is 18.9. The normalized spacial score (nSPS) is 11.1. The van der Waals surface area contributed by atoms with E-state index < -0.39 is 23.9 Å². The number of carbonyl (C=O) groups is 3. The number of amides is 2. The van der Waals surface area contributed by atoms with Crippen LogP contribution < -0.4 is 10.6 Å². The van der Waals surface area contributed by atoms with Gasteiger partial charge in [0.25, 0.3) is 5.91 Å². The maximum Gasteiger partial charge on any atom is 0.338 e. The number of nitrogens with zero attached hydrogens (tertiary/aromatic N) is 1. The van der Waals surface area contributed by atoms with Gasteiger partial charge in [-0.25, -0.2) is 4.79 Å². The first-order chi connectivity index (χ1) is 12.5. The van der Waals surface area contributed by atoms with Crippen molar-refractivity contribution in [3.63, 3.8) is 0 Å². The van der Waals surface area contributed by atoms with Crippen molar-refractivity contribution in [2.24, 2.45) is 0 Å². The number of anilines is 1. The van der Waals surface area contributed by atoms with Crippen molar-refractivity contribution in [1.29, 1.82) is 5.26 Å². The molecule has 2 N–H and O–H groups in total. The first kappa shape index (κ1) is 18.7. The van der Waals surface area contributed by atoms with Gasteiger partial charge in [0.1, 0.15) is 12.2 Å². The third kappa shape index (κ3) is 5.49. The summed E-state index contributed by atoms with van der Waals surface area (Å²) >= 11 is 0. The Hall–Kier alpha value is -3.60. The van der Waals surface area contributed by atoms with E-state index in [2.05, 4.69) is 10.6 Å². The molecule has 1 heterocycles. The minimum Gasteiger partial charge on any atom is -0.467 e. The van der Waals surface area contributed by atoms with Crippen molar-refractivity contribution < 1.29 is 23.5 Å². The number of carbonyl (C=O) groups excluding carboxylic acids is 3. The molecule has 26 heavy (non-hydrogen) atoms. The maximum atomic E-state index is 12.1. The quantitative estimate of drug-likeness (QED) is 0.733. The highest BCUT2D eigenvalue weighted by Crippen LogP contribution is 2.12. The summed E-state index contributed by atoms with van der Waals surface area (Å²) in [6, 6.07) is 11.1. The molecule has 0 saturated heterocycles. The Balaban J connectivity index is 1.85. The Kier molecular flexibility index (Phi) is 6.51. The number of nitrogens with one attached hydrogen (secondary N) is 2. The first-order valence-corrected chi connectivity index (χ1v) is 7.77. The van der Waals surface area contributed by atoms with E-state index in [1.54, 1.807) is 18.2 Å². The third-order valence-electron chi connectivity index (χ3n) is 3.31. The number of esters is 1. The van der Waals surface area contributed by atoms with Crippen molar-refractivity contribution in [2.45, 2.75) is 26.0 Å². The van der Waals surface area contributed by atoms with Crippen molar-refractivity contribution >= 4 is 23.5 Å². The molecule has 0 radical (unpaired) electrons. The van der Waals surface area contributed by atoms with E-state index in [-0.39, 0.29) is 18.5 Å². The Bertz CT molecular complexity index is 806. The number of hydrogen-bond donors (Lipinski definition) is 2. The van der Waals surface area contributed by atoms with Gasteiger partial charge in [-0.2, -0.15) is 5.26 Å². The van der Waals surface area contributed by atoms with E-state index >= 15 is 0 Å². The lowest BCUT2D eigenvalue weighted by atomic mass is 10.2. The van der Waals surface area contributed by atoms with Crippen LogP contribution in [0.2, 0.25) is 0 Å². The minimum atomic E-state index is -0.979. The van der Waals surface area contributed by atoms with E-state index in [1.807, 2.05) is 0 Å². The highest BCUT2D eigenvalue weighted by Gasteiger charge is 2.19. The predicted octanol–water partition coefficient (Wildman–Crippen LogP) is 1.99. The fraction of sp³-hybridized carbons (Fsp3) is 0.222. The second-order valence-electron chi connectivity index (χ2n) is 5.31. The zero-order valence-electron chi connectivity index (χ0n) is 14.0. The van der Waals surface area contributed by atoms with Gasteiger partial charge in [0.15, 0.2) is 6.10 Å². The molecule has 8 heteroatoms. The predicted molar refractivity (Wildman–Crippen MR) is 90.7 cm³/mol. The summed E-state index contributed by atoms with van der Waals surface area (Å²) in [7, 11) is 0. The molecule has 0 spiro atoms. The van der Waals surface area contributed by atoms with Crippen LogP contribution in [0.25, 0.3) is 0 Å². The van der Waals surface area contributed by atoms with Gasteiger partial charge in [-0.3, -0.25) is 9.59 Å². The molecular formula is C18H17N3O5. The van der Waals surface area contributed by atoms with Gasteiger partial charge in [0.05, 0.1) is 24.4 Å². The average molecular weight is 355 g/mol. The molecule has 0 aliphatic carbocycles. The molecule has 2 aromatic rings. The molecule has 0 bridgehead atoms. The molecule has 0 saturated carbocycles. The van der Waals surface area contributed by atoms with Crippen LogP contribution in [0.4, 0.5) is 5.69 Å². The molecular weight excluding hydrogens is 338 g/mol. The molecule has 2 rings (SSSR count). The lowest BCUT2D eigenvalue weighted by Gasteiger charge is -2.13. The number of furan rings is 1. The smallest absolute Gasteiger partial charge is 0.338 e.